The van der Waals surface area contributed by atoms with Crippen molar-refractivity contribution in [2.75, 3.05) is 24.6 Å². The van der Waals surface area contributed by atoms with Gasteiger partial charge in [0.2, 0.25) is 0 Å². The zero-order chi connectivity index (χ0) is 14.3. The molecule has 0 atom stereocenters. The van der Waals surface area contributed by atoms with E-state index in [0.717, 1.165) is 12.3 Å². The summed E-state index contributed by atoms with van der Waals surface area (Å²) >= 11 is 2.05. The summed E-state index contributed by atoms with van der Waals surface area (Å²) in [5, 5.41) is 0. The van der Waals surface area contributed by atoms with Crippen LogP contribution in [-0.4, -0.2) is 29.5 Å². The lowest BCUT2D eigenvalue weighted by atomic mass is 10.2. The maximum absolute atomic E-state index is 5.82. The number of thioether (sulfide) groups is 1. The minimum absolute atomic E-state index is 0.629. The van der Waals surface area contributed by atoms with Crippen LogP contribution in [0, 0.1) is 0 Å². The molecule has 0 saturated carbocycles. The van der Waals surface area contributed by atoms with Gasteiger partial charge in [-0.2, -0.15) is 11.8 Å². The van der Waals surface area contributed by atoms with Gasteiger partial charge in [-0.15, -0.1) is 0 Å². The van der Waals surface area contributed by atoms with E-state index in [2.05, 4.69) is 53.1 Å². The molecule has 0 N–H and O–H groups in total. The van der Waals surface area contributed by atoms with Crippen LogP contribution in [0.2, 0.25) is 0 Å². The molecule has 1 saturated heterocycles. The van der Waals surface area contributed by atoms with Crippen LogP contribution in [0.5, 0.6) is 5.75 Å². The van der Waals surface area contributed by atoms with Gasteiger partial charge < -0.3 is 4.74 Å². The lowest BCUT2D eigenvalue weighted by molar-refractivity contribution is 0.293. The van der Waals surface area contributed by atoms with Crippen molar-refractivity contribution < 1.29 is 4.74 Å². The first-order valence-corrected chi connectivity index (χ1v) is 8.61. The molecule has 2 nitrogen and oxygen atoms in total. The Bertz CT molecular complexity index is 535. The number of hydrogen-bond donors (Lipinski definition) is 0. The first-order chi connectivity index (χ1) is 10.4. The summed E-state index contributed by atoms with van der Waals surface area (Å²) in [5.41, 5.74) is 2.57. The molecule has 3 heteroatoms. The summed E-state index contributed by atoms with van der Waals surface area (Å²) in [6.07, 6.45) is 0. The van der Waals surface area contributed by atoms with E-state index in [1.165, 1.54) is 35.7 Å². The molecule has 0 radical (unpaired) electrons. The molecule has 0 aromatic heterocycles. The molecule has 0 unspecified atom stereocenters. The Morgan fingerprint density at radius 2 is 1.57 bits per heavy atom. The highest BCUT2D eigenvalue weighted by atomic mass is 32.2. The zero-order valence-corrected chi connectivity index (χ0v) is 13.0. The summed E-state index contributed by atoms with van der Waals surface area (Å²) in [6.45, 7) is 4.09. The van der Waals surface area contributed by atoms with Crippen molar-refractivity contribution in [1.82, 2.24) is 4.90 Å². The highest BCUT2D eigenvalue weighted by Gasteiger charge is 2.10. The van der Waals surface area contributed by atoms with Gasteiger partial charge >= 0.3 is 0 Å². The highest BCUT2D eigenvalue weighted by molar-refractivity contribution is 7.99. The van der Waals surface area contributed by atoms with Gasteiger partial charge in [-0.05, 0) is 23.3 Å². The summed E-state index contributed by atoms with van der Waals surface area (Å²) in [6, 6.07) is 18.8. The summed E-state index contributed by atoms with van der Waals surface area (Å²) in [4.78, 5) is 2.52. The molecule has 110 valence electrons. The molecule has 0 amide bonds. The lowest BCUT2D eigenvalue weighted by Crippen LogP contribution is -2.31. The van der Waals surface area contributed by atoms with Crippen molar-refractivity contribution in [3.8, 4) is 5.75 Å². The minimum atomic E-state index is 0.629. The Hall–Kier alpha value is -1.45. The maximum atomic E-state index is 5.82. The largest absolute Gasteiger partial charge is 0.489 e. The van der Waals surface area contributed by atoms with Crippen molar-refractivity contribution in [3.05, 3.63) is 65.7 Å². The first kappa shape index (κ1) is 14.5. The van der Waals surface area contributed by atoms with Crippen LogP contribution < -0.4 is 4.74 Å². The number of rotatable bonds is 5. The van der Waals surface area contributed by atoms with Crippen molar-refractivity contribution in [3.63, 3.8) is 0 Å². The SMILES string of the molecule is c1ccc(COc2ccc(CN3CCSCC3)cc2)cc1. The fourth-order valence-corrected chi connectivity index (χ4v) is 3.43. The second kappa shape index (κ2) is 7.53. The molecule has 2 aromatic carbocycles. The van der Waals surface area contributed by atoms with Crippen molar-refractivity contribution in [1.29, 1.82) is 0 Å². The van der Waals surface area contributed by atoms with Crippen molar-refractivity contribution >= 4 is 11.8 Å². The molecular weight excluding hydrogens is 278 g/mol. The van der Waals surface area contributed by atoms with E-state index in [0.29, 0.717) is 6.61 Å². The first-order valence-electron chi connectivity index (χ1n) is 7.46. The van der Waals surface area contributed by atoms with Gasteiger partial charge in [0.15, 0.2) is 0 Å². The number of nitrogens with zero attached hydrogens (tertiary/aromatic N) is 1. The van der Waals surface area contributed by atoms with Gasteiger partial charge in [-0.1, -0.05) is 42.5 Å². The second-order valence-electron chi connectivity index (χ2n) is 5.31. The average molecular weight is 299 g/mol. The Morgan fingerprint density at radius 3 is 2.29 bits per heavy atom. The Balaban J connectivity index is 1.51. The van der Waals surface area contributed by atoms with E-state index in [1.807, 2.05) is 18.2 Å². The van der Waals surface area contributed by atoms with Gasteiger partial charge in [0, 0.05) is 31.1 Å². The minimum Gasteiger partial charge on any atom is -0.489 e. The molecule has 0 aliphatic carbocycles. The number of benzene rings is 2. The highest BCUT2D eigenvalue weighted by Crippen LogP contribution is 2.17. The van der Waals surface area contributed by atoms with E-state index in [9.17, 15) is 0 Å². The molecule has 1 fully saturated rings. The van der Waals surface area contributed by atoms with Crippen LogP contribution in [0.4, 0.5) is 0 Å². The van der Waals surface area contributed by atoms with E-state index < -0.39 is 0 Å². The van der Waals surface area contributed by atoms with Gasteiger partial charge in [-0.3, -0.25) is 4.90 Å². The molecule has 0 spiro atoms. The fraction of sp³-hybridized carbons (Fsp3) is 0.333. The third kappa shape index (κ3) is 4.51. The Kier molecular flexibility index (Phi) is 5.19. The van der Waals surface area contributed by atoms with Gasteiger partial charge in [0.25, 0.3) is 0 Å². The normalized spacial score (nSPS) is 15.8. The molecule has 1 aliphatic heterocycles. The van der Waals surface area contributed by atoms with Gasteiger partial charge in [-0.25, -0.2) is 0 Å². The Labute approximate surface area is 131 Å². The van der Waals surface area contributed by atoms with Crippen molar-refractivity contribution in [2.45, 2.75) is 13.2 Å². The van der Waals surface area contributed by atoms with Crippen LogP contribution in [0.15, 0.2) is 54.6 Å². The fourth-order valence-electron chi connectivity index (χ4n) is 2.45. The summed E-state index contributed by atoms with van der Waals surface area (Å²) in [7, 11) is 0. The molecule has 3 rings (SSSR count). The smallest absolute Gasteiger partial charge is 0.119 e. The molecular formula is C18H21NOS. The summed E-state index contributed by atoms with van der Waals surface area (Å²) < 4.78 is 5.82. The van der Waals surface area contributed by atoms with Crippen molar-refractivity contribution in [2.24, 2.45) is 0 Å². The van der Waals surface area contributed by atoms with Crippen LogP contribution >= 0.6 is 11.8 Å². The second-order valence-corrected chi connectivity index (χ2v) is 6.53. The number of hydrogen-bond acceptors (Lipinski definition) is 3. The molecule has 0 bridgehead atoms. The predicted molar refractivity (Wildman–Crippen MR) is 89.8 cm³/mol. The van der Waals surface area contributed by atoms with Gasteiger partial charge in [0.1, 0.15) is 12.4 Å². The quantitative estimate of drug-likeness (QED) is 0.833. The predicted octanol–water partition coefficient (Wildman–Crippen LogP) is 3.81. The Morgan fingerprint density at radius 1 is 0.857 bits per heavy atom. The third-order valence-corrected chi connectivity index (χ3v) is 4.62. The number of ether oxygens (including phenoxy) is 1. The molecule has 1 aliphatic rings. The van der Waals surface area contributed by atoms with E-state index in [1.54, 1.807) is 0 Å². The van der Waals surface area contributed by atoms with Crippen LogP contribution in [0.25, 0.3) is 0 Å². The molecule has 1 heterocycles. The van der Waals surface area contributed by atoms with Crippen LogP contribution in [-0.2, 0) is 13.2 Å². The maximum Gasteiger partial charge on any atom is 0.119 e. The lowest BCUT2D eigenvalue weighted by Gasteiger charge is -2.26. The summed E-state index contributed by atoms with van der Waals surface area (Å²) in [5.74, 6) is 3.47. The zero-order valence-electron chi connectivity index (χ0n) is 12.2. The molecule has 21 heavy (non-hydrogen) atoms. The van der Waals surface area contributed by atoms with E-state index in [4.69, 9.17) is 4.74 Å². The van der Waals surface area contributed by atoms with Crippen LogP contribution in [0.3, 0.4) is 0 Å². The topological polar surface area (TPSA) is 12.5 Å². The monoisotopic (exact) mass is 299 g/mol. The third-order valence-electron chi connectivity index (χ3n) is 3.68. The molecule has 2 aromatic rings. The van der Waals surface area contributed by atoms with E-state index in [-0.39, 0.29) is 0 Å². The standard InChI is InChI=1S/C18H21NOS/c1-2-4-17(5-3-1)15-20-18-8-6-16(7-9-18)14-19-10-12-21-13-11-19/h1-9H,10-15H2. The average Bonchev–Trinajstić information content (AvgIpc) is 2.56. The van der Waals surface area contributed by atoms with E-state index >= 15 is 0 Å². The van der Waals surface area contributed by atoms with Crippen LogP contribution in [0.1, 0.15) is 11.1 Å². The van der Waals surface area contributed by atoms with Gasteiger partial charge in [0.05, 0.1) is 0 Å².